The number of benzene rings is 2. The number of rotatable bonds is 9. The van der Waals surface area contributed by atoms with Crippen molar-refractivity contribution in [2.45, 2.75) is 6.92 Å². The first-order valence-corrected chi connectivity index (χ1v) is 13.2. The van der Waals surface area contributed by atoms with E-state index in [2.05, 4.69) is 49.2 Å². The molecule has 3 N–H and O–H groups in total. The zero-order valence-corrected chi connectivity index (χ0v) is 23.5. The van der Waals surface area contributed by atoms with E-state index >= 15 is 0 Å². The van der Waals surface area contributed by atoms with E-state index < -0.39 is 6.03 Å². The summed E-state index contributed by atoms with van der Waals surface area (Å²) in [6.07, 6.45) is 2.57. The van der Waals surface area contributed by atoms with E-state index in [-0.39, 0.29) is 5.91 Å². The van der Waals surface area contributed by atoms with Gasteiger partial charge < -0.3 is 30.5 Å². The van der Waals surface area contributed by atoms with E-state index in [0.717, 1.165) is 38.4 Å². The van der Waals surface area contributed by atoms with Crippen LogP contribution in [0.15, 0.2) is 61.4 Å². The summed E-state index contributed by atoms with van der Waals surface area (Å²) in [5.74, 6) is 0.898. The Labute approximate surface area is 238 Å². The minimum atomic E-state index is -0.453. The van der Waals surface area contributed by atoms with Crippen molar-refractivity contribution in [3.05, 3.63) is 66.5 Å². The van der Waals surface area contributed by atoms with Crippen LogP contribution in [-0.4, -0.2) is 73.7 Å². The van der Waals surface area contributed by atoms with Crippen LogP contribution in [0.25, 0.3) is 0 Å². The third kappa shape index (κ3) is 6.80. The highest BCUT2D eigenvalue weighted by Crippen LogP contribution is 2.33. The van der Waals surface area contributed by atoms with E-state index in [1.54, 1.807) is 31.3 Å². The highest BCUT2D eigenvalue weighted by molar-refractivity contribution is 6.35. The molecule has 2 heterocycles. The minimum absolute atomic E-state index is 0.293. The van der Waals surface area contributed by atoms with E-state index in [9.17, 15) is 9.59 Å². The van der Waals surface area contributed by atoms with Crippen molar-refractivity contribution in [1.82, 2.24) is 14.9 Å². The zero-order chi connectivity index (χ0) is 28.6. The molecule has 0 bridgehead atoms. The van der Waals surface area contributed by atoms with Crippen LogP contribution in [0.3, 0.4) is 0 Å². The van der Waals surface area contributed by atoms with Gasteiger partial charge in [0.2, 0.25) is 5.91 Å². The van der Waals surface area contributed by atoms with Crippen LogP contribution in [0.4, 0.5) is 39.2 Å². The Morgan fingerprint density at radius 3 is 2.55 bits per heavy atom. The summed E-state index contributed by atoms with van der Waals surface area (Å²) in [7, 11) is 3.09. The maximum atomic E-state index is 12.9. The lowest BCUT2D eigenvalue weighted by Crippen LogP contribution is -2.46. The molecule has 12 heteroatoms. The molecule has 11 nitrogen and oxygen atoms in total. The molecule has 0 spiro atoms. The fourth-order valence-corrected chi connectivity index (χ4v) is 4.50. The maximum Gasteiger partial charge on any atom is 0.327 e. The van der Waals surface area contributed by atoms with Gasteiger partial charge in [0.25, 0.3) is 0 Å². The van der Waals surface area contributed by atoms with Crippen molar-refractivity contribution < 1.29 is 14.3 Å². The average molecular weight is 565 g/mol. The molecule has 0 saturated carbocycles. The molecule has 0 aliphatic carbocycles. The van der Waals surface area contributed by atoms with Gasteiger partial charge >= 0.3 is 6.03 Å². The van der Waals surface area contributed by atoms with Crippen molar-refractivity contribution in [1.29, 1.82) is 0 Å². The summed E-state index contributed by atoms with van der Waals surface area (Å²) in [6, 6.07) is 12.1. The molecule has 1 saturated heterocycles. The molecule has 1 aliphatic rings. The summed E-state index contributed by atoms with van der Waals surface area (Å²) >= 11 is 6.32. The molecule has 4 rings (SSSR count). The molecular weight excluding hydrogens is 532 g/mol. The van der Waals surface area contributed by atoms with Gasteiger partial charge in [0.15, 0.2) is 0 Å². The second kappa shape index (κ2) is 13.1. The van der Waals surface area contributed by atoms with E-state index in [1.165, 1.54) is 24.4 Å². The Morgan fingerprint density at radius 1 is 1.07 bits per heavy atom. The number of piperazine rings is 1. The SMILES string of the molecule is C=CC(=O)Nc1cc(N2CCN(CC)CC2)ccc1Nc1cc(N(C)C(=O)Nc2cccc(OC)c2Cl)ncn1. The maximum absolute atomic E-state index is 12.9. The van der Waals surface area contributed by atoms with Gasteiger partial charge in [-0.1, -0.05) is 31.2 Å². The van der Waals surface area contributed by atoms with Crippen molar-refractivity contribution in [2.75, 3.05) is 72.6 Å². The molecule has 3 aromatic rings. The number of ether oxygens (including phenoxy) is 1. The molecule has 1 aromatic heterocycles. The van der Waals surface area contributed by atoms with Crippen LogP contribution in [0.5, 0.6) is 5.75 Å². The predicted octanol–water partition coefficient (Wildman–Crippen LogP) is 4.82. The second-order valence-electron chi connectivity index (χ2n) is 9.04. The minimum Gasteiger partial charge on any atom is -0.495 e. The lowest BCUT2D eigenvalue weighted by molar-refractivity contribution is -0.111. The van der Waals surface area contributed by atoms with Crippen LogP contribution in [-0.2, 0) is 4.79 Å². The number of aromatic nitrogens is 2. The van der Waals surface area contributed by atoms with Gasteiger partial charge in [-0.15, -0.1) is 0 Å². The van der Waals surface area contributed by atoms with Crippen molar-refractivity contribution in [2.24, 2.45) is 0 Å². The third-order valence-corrected chi connectivity index (χ3v) is 7.01. The number of hydrogen-bond donors (Lipinski definition) is 3. The van der Waals surface area contributed by atoms with Crippen molar-refractivity contribution in [3.8, 4) is 5.75 Å². The molecule has 1 aliphatic heterocycles. The Hall–Kier alpha value is -4.35. The number of nitrogens with one attached hydrogen (secondary N) is 3. The molecular formula is C28H33ClN8O3. The van der Waals surface area contributed by atoms with Crippen LogP contribution in [0.2, 0.25) is 5.02 Å². The molecule has 0 atom stereocenters. The molecule has 2 aromatic carbocycles. The van der Waals surface area contributed by atoms with Crippen molar-refractivity contribution >= 4 is 57.9 Å². The Kier molecular flexibility index (Phi) is 9.41. The smallest absolute Gasteiger partial charge is 0.327 e. The van der Waals surface area contributed by atoms with Gasteiger partial charge in [-0.05, 0) is 43.0 Å². The molecule has 40 heavy (non-hydrogen) atoms. The molecule has 0 radical (unpaired) electrons. The monoisotopic (exact) mass is 564 g/mol. The quantitative estimate of drug-likeness (QED) is 0.317. The van der Waals surface area contributed by atoms with Gasteiger partial charge in [0.1, 0.15) is 28.7 Å². The standard InChI is InChI=1S/C28H33ClN8O3/c1-5-26(38)33-22-16-19(37-14-12-36(6-2)13-15-37)10-11-20(22)32-24-17-25(31-18-30-24)35(3)28(39)34-21-8-7-9-23(40-4)27(21)29/h5,7-11,16-18H,1,6,12-15H2,2-4H3,(H,33,38)(H,34,39)(H,30,31,32). The summed E-state index contributed by atoms with van der Waals surface area (Å²) in [6.45, 7) is 10.5. The number of methoxy groups -OCH3 is 1. The summed E-state index contributed by atoms with van der Waals surface area (Å²) in [5.41, 5.74) is 2.63. The summed E-state index contributed by atoms with van der Waals surface area (Å²) in [4.78, 5) is 39.7. The number of nitrogens with zero attached hydrogens (tertiary/aromatic N) is 5. The van der Waals surface area contributed by atoms with Gasteiger partial charge in [-0.3, -0.25) is 9.69 Å². The van der Waals surface area contributed by atoms with E-state index in [1.807, 2.05) is 18.2 Å². The number of carbonyl (C=O) groups is 2. The van der Waals surface area contributed by atoms with Crippen LogP contribution >= 0.6 is 11.6 Å². The summed E-state index contributed by atoms with van der Waals surface area (Å²) < 4.78 is 5.21. The Bertz CT molecular complexity index is 1380. The normalized spacial score (nSPS) is 13.3. The first-order valence-electron chi connectivity index (χ1n) is 12.8. The topological polar surface area (TPSA) is 115 Å². The summed E-state index contributed by atoms with van der Waals surface area (Å²) in [5, 5.41) is 9.17. The fourth-order valence-electron chi connectivity index (χ4n) is 4.25. The average Bonchev–Trinajstić information content (AvgIpc) is 2.98. The van der Waals surface area contributed by atoms with Crippen LogP contribution in [0, 0.1) is 0 Å². The number of anilines is 6. The molecule has 0 unspecified atom stereocenters. The van der Waals surface area contributed by atoms with Crippen LogP contribution in [0.1, 0.15) is 6.92 Å². The molecule has 210 valence electrons. The number of hydrogen-bond acceptors (Lipinski definition) is 8. The Balaban J connectivity index is 1.52. The van der Waals surface area contributed by atoms with Crippen LogP contribution < -0.4 is 30.5 Å². The lowest BCUT2D eigenvalue weighted by Gasteiger charge is -2.35. The van der Waals surface area contributed by atoms with Gasteiger partial charge in [0.05, 0.1) is 24.2 Å². The van der Waals surface area contributed by atoms with Crippen molar-refractivity contribution in [3.63, 3.8) is 0 Å². The highest BCUT2D eigenvalue weighted by Gasteiger charge is 2.19. The molecule has 3 amide bonds. The Morgan fingerprint density at radius 2 is 1.85 bits per heavy atom. The number of amides is 3. The zero-order valence-electron chi connectivity index (χ0n) is 22.8. The third-order valence-electron chi connectivity index (χ3n) is 6.62. The largest absolute Gasteiger partial charge is 0.495 e. The van der Waals surface area contributed by atoms with Gasteiger partial charge in [-0.25, -0.2) is 14.8 Å². The van der Waals surface area contributed by atoms with E-state index in [0.29, 0.717) is 39.5 Å². The first kappa shape index (κ1) is 28.7. The van der Waals surface area contributed by atoms with Gasteiger partial charge in [-0.2, -0.15) is 0 Å². The first-order chi connectivity index (χ1) is 19.3. The molecule has 1 fully saturated rings. The lowest BCUT2D eigenvalue weighted by atomic mass is 10.2. The second-order valence-corrected chi connectivity index (χ2v) is 9.42. The number of halogens is 1. The highest BCUT2D eigenvalue weighted by atomic mass is 35.5. The predicted molar refractivity (Wildman–Crippen MR) is 160 cm³/mol. The van der Waals surface area contributed by atoms with E-state index in [4.69, 9.17) is 16.3 Å². The number of carbonyl (C=O) groups excluding carboxylic acids is 2. The number of urea groups is 1. The fraction of sp³-hybridized carbons (Fsp3) is 0.286. The van der Waals surface area contributed by atoms with Gasteiger partial charge in [0, 0.05) is 45.0 Å². The number of likely N-dealkylation sites (N-methyl/N-ethyl adjacent to an activating group) is 1.